The average Bonchev–Trinajstić information content (AvgIpc) is 2.56. The Labute approximate surface area is 150 Å². The van der Waals surface area contributed by atoms with E-state index in [2.05, 4.69) is 17.6 Å². The molecule has 0 saturated carbocycles. The van der Waals surface area contributed by atoms with Crippen molar-refractivity contribution < 1.29 is 14.3 Å². The predicted octanol–water partition coefficient (Wildman–Crippen LogP) is 3.10. The first kappa shape index (κ1) is 20.7. The predicted molar refractivity (Wildman–Crippen MR) is 99.1 cm³/mol. The molecule has 1 aromatic carbocycles. The Balaban J connectivity index is 0.00000288. The largest absolute Gasteiger partial charge is 0.491 e. The number of hydrogen-bond acceptors (Lipinski definition) is 4. The smallest absolute Gasteiger partial charge is 0.224 e. The lowest BCUT2D eigenvalue weighted by Gasteiger charge is -2.27. The second-order valence-electron chi connectivity index (χ2n) is 6.19. The first-order valence-corrected chi connectivity index (χ1v) is 8.41. The molecule has 1 atom stereocenters. The lowest BCUT2D eigenvalue weighted by atomic mass is 9.84. The number of hydrogen-bond donors (Lipinski definition) is 2. The van der Waals surface area contributed by atoms with E-state index in [0.29, 0.717) is 31.5 Å². The van der Waals surface area contributed by atoms with Crippen LogP contribution in [0.2, 0.25) is 0 Å². The fraction of sp³-hybridized carbons (Fsp3) is 0.611. The molecule has 0 spiro atoms. The number of carbonyl (C=O) groups is 1. The van der Waals surface area contributed by atoms with Crippen LogP contribution in [-0.2, 0) is 9.53 Å². The third-order valence-corrected chi connectivity index (χ3v) is 4.37. The highest BCUT2D eigenvalue weighted by atomic mass is 35.5. The molecule has 1 saturated heterocycles. The lowest BCUT2D eigenvalue weighted by Crippen LogP contribution is -2.32. The molecule has 0 aliphatic carbocycles. The standard InChI is InChI=1S/C18H28N2O3.ClH/c1-14(15-6-8-19-9-7-15)12-18(21)20-16-4-3-5-17(13-16)23-11-10-22-2;/h3-5,13-15,19H,6-12H2,1-2H3,(H,20,21);1H. The second kappa shape index (κ2) is 11.3. The van der Waals surface area contributed by atoms with Gasteiger partial charge >= 0.3 is 0 Å². The van der Waals surface area contributed by atoms with Gasteiger partial charge in [0.25, 0.3) is 0 Å². The number of amides is 1. The summed E-state index contributed by atoms with van der Waals surface area (Å²) in [6.45, 7) is 5.36. The van der Waals surface area contributed by atoms with Crippen LogP contribution in [0.3, 0.4) is 0 Å². The molecule has 2 N–H and O–H groups in total. The number of methoxy groups -OCH3 is 1. The van der Waals surface area contributed by atoms with Gasteiger partial charge in [0.2, 0.25) is 5.91 Å². The van der Waals surface area contributed by atoms with E-state index < -0.39 is 0 Å². The molecule has 1 aliphatic rings. The number of ether oxygens (including phenoxy) is 2. The van der Waals surface area contributed by atoms with Gasteiger partial charge in [0.05, 0.1) is 6.61 Å². The van der Waals surface area contributed by atoms with E-state index in [9.17, 15) is 4.79 Å². The molecule has 1 amide bonds. The average molecular weight is 357 g/mol. The van der Waals surface area contributed by atoms with Crippen LogP contribution in [0.25, 0.3) is 0 Å². The van der Waals surface area contributed by atoms with Gasteiger partial charge in [0.15, 0.2) is 0 Å². The lowest BCUT2D eigenvalue weighted by molar-refractivity contribution is -0.117. The van der Waals surface area contributed by atoms with E-state index in [4.69, 9.17) is 9.47 Å². The SMILES string of the molecule is COCCOc1cccc(NC(=O)CC(C)C2CCNCC2)c1.Cl. The van der Waals surface area contributed by atoms with Gasteiger partial charge in [-0.15, -0.1) is 12.4 Å². The van der Waals surface area contributed by atoms with Gasteiger partial charge in [-0.2, -0.15) is 0 Å². The Morgan fingerprint density at radius 3 is 2.79 bits per heavy atom. The van der Waals surface area contributed by atoms with Gasteiger partial charge in [-0.25, -0.2) is 0 Å². The zero-order valence-corrected chi connectivity index (χ0v) is 15.4. The van der Waals surface area contributed by atoms with Crippen molar-refractivity contribution in [2.75, 3.05) is 38.7 Å². The van der Waals surface area contributed by atoms with Gasteiger partial charge in [0.1, 0.15) is 12.4 Å². The van der Waals surface area contributed by atoms with Crippen molar-refractivity contribution in [2.45, 2.75) is 26.2 Å². The fourth-order valence-corrected chi connectivity index (χ4v) is 2.99. The van der Waals surface area contributed by atoms with E-state index in [1.165, 1.54) is 0 Å². The van der Waals surface area contributed by atoms with E-state index in [1.54, 1.807) is 7.11 Å². The Morgan fingerprint density at radius 1 is 1.33 bits per heavy atom. The van der Waals surface area contributed by atoms with Crippen molar-refractivity contribution in [2.24, 2.45) is 11.8 Å². The van der Waals surface area contributed by atoms with E-state index in [-0.39, 0.29) is 18.3 Å². The normalized spacial score (nSPS) is 16.1. The van der Waals surface area contributed by atoms with Crippen molar-refractivity contribution in [1.82, 2.24) is 5.32 Å². The van der Waals surface area contributed by atoms with Crippen LogP contribution in [0.4, 0.5) is 5.69 Å². The summed E-state index contributed by atoms with van der Waals surface area (Å²) in [4.78, 5) is 12.2. The number of halogens is 1. The van der Waals surface area contributed by atoms with E-state index >= 15 is 0 Å². The van der Waals surface area contributed by atoms with Crippen LogP contribution in [0.1, 0.15) is 26.2 Å². The molecular weight excluding hydrogens is 328 g/mol. The highest BCUT2D eigenvalue weighted by molar-refractivity contribution is 5.91. The monoisotopic (exact) mass is 356 g/mol. The van der Waals surface area contributed by atoms with Crippen molar-refractivity contribution in [1.29, 1.82) is 0 Å². The van der Waals surface area contributed by atoms with Gasteiger partial charge < -0.3 is 20.1 Å². The third-order valence-electron chi connectivity index (χ3n) is 4.37. The third kappa shape index (κ3) is 7.07. The topological polar surface area (TPSA) is 59.6 Å². The summed E-state index contributed by atoms with van der Waals surface area (Å²) in [5, 5.41) is 6.34. The zero-order valence-electron chi connectivity index (χ0n) is 14.5. The van der Waals surface area contributed by atoms with Gasteiger partial charge in [-0.1, -0.05) is 13.0 Å². The van der Waals surface area contributed by atoms with Gasteiger partial charge in [-0.05, 0) is 49.9 Å². The molecule has 1 aliphatic heterocycles. The minimum Gasteiger partial charge on any atom is -0.491 e. The van der Waals surface area contributed by atoms with Crippen molar-refractivity contribution in [3.8, 4) is 5.75 Å². The van der Waals surface area contributed by atoms with E-state index in [1.807, 2.05) is 24.3 Å². The minimum absolute atomic E-state index is 0. The zero-order chi connectivity index (χ0) is 16.5. The number of anilines is 1. The molecule has 0 radical (unpaired) electrons. The molecular formula is C18H29ClN2O3. The molecule has 1 heterocycles. The maximum absolute atomic E-state index is 12.2. The molecule has 0 aromatic heterocycles. The van der Waals surface area contributed by atoms with Crippen LogP contribution in [0, 0.1) is 11.8 Å². The summed E-state index contributed by atoms with van der Waals surface area (Å²) in [7, 11) is 1.64. The fourth-order valence-electron chi connectivity index (χ4n) is 2.99. The molecule has 2 rings (SSSR count). The number of carbonyl (C=O) groups excluding carboxylic acids is 1. The van der Waals surface area contributed by atoms with E-state index in [0.717, 1.165) is 37.4 Å². The van der Waals surface area contributed by atoms with Crippen LogP contribution in [0.15, 0.2) is 24.3 Å². The number of piperidine rings is 1. The molecule has 1 unspecified atom stereocenters. The van der Waals surface area contributed by atoms with Crippen molar-refractivity contribution >= 4 is 24.0 Å². The van der Waals surface area contributed by atoms with Crippen molar-refractivity contribution in [3.63, 3.8) is 0 Å². The molecule has 5 nitrogen and oxygen atoms in total. The first-order chi connectivity index (χ1) is 11.2. The Kier molecular flexibility index (Phi) is 9.76. The summed E-state index contributed by atoms with van der Waals surface area (Å²) >= 11 is 0. The Bertz CT molecular complexity index is 493. The summed E-state index contributed by atoms with van der Waals surface area (Å²) in [6, 6.07) is 7.50. The van der Waals surface area contributed by atoms with Crippen molar-refractivity contribution in [3.05, 3.63) is 24.3 Å². The van der Waals surface area contributed by atoms with Crippen LogP contribution >= 0.6 is 12.4 Å². The van der Waals surface area contributed by atoms with Gasteiger partial charge in [0, 0.05) is 25.3 Å². The number of benzene rings is 1. The molecule has 136 valence electrons. The maximum atomic E-state index is 12.2. The molecule has 6 heteroatoms. The quantitative estimate of drug-likeness (QED) is 0.703. The van der Waals surface area contributed by atoms with Crippen LogP contribution in [0.5, 0.6) is 5.75 Å². The van der Waals surface area contributed by atoms with Crippen LogP contribution in [-0.4, -0.2) is 39.3 Å². The Morgan fingerprint density at radius 2 is 2.08 bits per heavy atom. The van der Waals surface area contributed by atoms with Crippen LogP contribution < -0.4 is 15.4 Å². The molecule has 24 heavy (non-hydrogen) atoms. The number of rotatable bonds is 8. The molecule has 1 aromatic rings. The summed E-state index contributed by atoms with van der Waals surface area (Å²) < 4.78 is 10.5. The summed E-state index contributed by atoms with van der Waals surface area (Å²) in [5.74, 6) is 1.88. The maximum Gasteiger partial charge on any atom is 0.224 e. The highest BCUT2D eigenvalue weighted by Crippen LogP contribution is 2.25. The minimum atomic E-state index is 0. The molecule has 0 bridgehead atoms. The summed E-state index contributed by atoms with van der Waals surface area (Å²) in [5.41, 5.74) is 0.780. The first-order valence-electron chi connectivity index (χ1n) is 8.41. The molecule has 1 fully saturated rings. The summed E-state index contributed by atoms with van der Waals surface area (Å²) in [6.07, 6.45) is 2.90. The highest BCUT2D eigenvalue weighted by Gasteiger charge is 2.22. The Hall–Kier alpha value is -1.30. The second-order valence-corrected chi connectivity index (χ2v) is 6.19. The van der Waals surface area contributed by atoms with Gasteiger partial charge in [-0.3, -0.25) is 4.79 Å². The number of nitrogens with one attached hydrogen (secondary N) is 2.